The Morgan fingerprint density at radius 3 is 2.65 bits per heavy atom. The molecule has 0 saturated carbocycles. The van der Waals surface area contributed by atoms with Crippen LogP contribution in [0.4, 0.5) is 5.69 Å². The second kappa shape index (κ2) is 5.55. The molecule has 0 radical (unpaired) electrons. The minimum absolute atomic E-state index is 0.204. The SMILES string of the molecule is Cc1cc(Br)cc(NS(=O)(=O)c2ccsc2C(=O)O)c1. The van der Waals surface area contributed by atoms with Crippen molar-refractivity contribution in [2.24, 2.45) is 0 Å². The summed E-state index contributed by atoms with van der Waals surface area (Å²) < 4.78 is 27.6. The predicted molar refractivity (Wildman–Crippen MR) is 81.0 cm³/mol. The molecule has 2 aromatic rings. The van der Waals surface area contributed by atoms with Crippen molar-refractivity contribution in [2.75, 3.05) is 4.72 Å². The lowest BCUT2D eigenvalue weighted by molar-refractivity contribution is 0.0698. The zero-order valence-electron chi connectivity index (χ0n) is 10.3. The van der Waals surface area contributed by atoms with Crippen LogP contribution in [0.2, 0.25) is 0 Å². The molecule has 1 aromatic carbocycles. The molecule has 0 fully saturated rings. The first-order valence-corrected chi connectivity index (χ1v) is 8.56. The van der Waals surface area contributed by atoms with Crippen LogP contribution in [-0.2, 0) is 10.0 Å². The molecule has 0 spiro atoms. The minimum atomic E-state index is -3.92. The van der Waals surface area contributed by atoms with Gasteiger partial charge in [-0.3, -0.25) is 4.72 Å². The molecule has 0 bridgehead atoms. The van der Waals surface area contributed by atoms with Gasteiger partial charge in [-0.15, -0.1) is 11.3 Å². The Bertz CT molecular complexity index is 747. The Morgan fingerprint density at radius 2 is 2.05 bits per heavy atom. The number of anilines is 1. The van der Waals surface area contributed by atoms with Gasteiger partial charge in [-0.1, -0.05) is 15.9 Å². The van der Waals surface area contributed by atoms with Gasteiger partial charge in [0.2, 0.25) is 0 Å². The molecule has 1 aromatic heterocycles. The number of carboxylic acid groups (broad SMARTS) is 1. The quantitative estimate of drug-likeness (QED) is 0.858. The van der Waals surface area contributed by atoms with Crippen LogP contribution >= 0.6 is 27.3 Å². The molecule has 0 unspecified atom stereocenters. The fourth-order valence-electron chi connectivity index (χ4n) is 1.67. The van der Waals surface area contributed by atoms with Gasteiger partial charge in [0.25, 0.3) is 10.0 Å². The maximum Gasteiger partial charge on any atom is 0.347 e. The average molecular weight is 376 g/mol. The zero-order valence-corrected chi connectivity index (χ0v) is 13.5. The van der Waals surface area contributed by atoms with Crippen LogP contribution in [-0.4, -0.2) is 19.5 Å². The third kappa shape index (κ3) is 3.20. The molecule has 0 saturated heterocycles. The van der Waals surface area contributed by atoms with Gasteiger partial charge in [0.1, 0.15) is 9.77 Å². The van der Waals surface area contributed by atoms with E-state index in [4.69, 9.17) is 5.11 Å². The van der Waals surface area contributed by atoms with Crippen molar-refractivity contribution in [3.05, 3.63) is 44.6 Å². The monoisotopic (exact) mass is 375 g/mol. The molecule has 0 atom stereocenters. The van der Waals surface area contributed by atoms with Crippen LogP contribution in [0.5, 0.6) is 0 Å². The van der Waals surface area contributed by atoms with Crippen LogP contribution in [0.15, 0.2) is 39.0 Å². The van der Waals surface area contributed by atoms with E-state index in [1.807, 2.05) is 13.0 Å². The zero-order chi connectivity index (χ0) is 14.9. The molecule has 0 amide bonds. The van der Waals surface area contributed by atoms with E-state index in [0.29, 0.717) is 5.69 Å². The van der Waals surface area contributed by atoms with Gasteiger partial charge < -0.3 is 5.11 Å². The van der Waals surface area contributed by atoms with Crippen LogP contribution < -0.4 is 4.72 Å². The summed E-state index contributed by atoms with van der Waals surface area (Å²) in [4.78, 5) is 10.6. The van der Waals surface area contributed by atoms with E-state index in [2.05, 4.69) is 20.7 Å². The van der Waals surface area contributed by atoms with Crippen molar-refractivity contribution in [3.63, 3.8) is 0 Å². The summed E-state index contributed by atoms with van der Waals surface area (Å²) >= 11 is 4.15. The van der Waals surface area contributed by atoms with Crippen LogP contribution in [0, 0.1) is 6.92 Å². The summed E-state index contributed by atoms with van der Waals surface area (Å²) in [5, 5.41) is 10.4. The van der Waals surface area contributed by atoms with E-state index in [1.165, 1.54) is 11.4 Å². The van der Waals surface area contributed by atoms with Gasteiger partial charge in [0, 0.05) is 4.47 Å². The molecule has 0 aliphatic rings. The van der Waals surface area contributed by atoms with Gasteiger partial charge >= 0.3 is 5.97 Å². The predicted octanol–water partition coefficient (Wildman–Crippen LogP) is 3.32. The lowest BCUT2D eigenvalue weighted by atomic mass is 10.2. The lowest BCUT2D eigenvalue weighted by Gasteiger charge is -2.09. The number of aromatic carboxylic acids is 1. The standard InChI is InChI=1S/C12H10BrNO4S2/c1-7-4-8(13)6-9(5-7)14-20(17,18)10-2-3-19-11(10)12(15)16/h2-6,14H,1H3,(H,15,16). The summed E-state index contributed by atoms with van der Waals surface area (Å²) in [6, 6.07) is 6.39. The number of sulfonamides is 1. The van der Waals surface area contributed by atoms with Gasteiger partial charge in [0.05, 0.1) is 5.69 Å². The number of hydrogen-bond acceptors (Lipinski definition) is 4. The van der Waals surface area contributed by atoms with Crippen molar-refractivity contribution >= 4 is 48.9 Å². The number of carbonyl (C=O) groups is 1. The van der Waals surface area contributed by atoms with Crippen LogP contribution in [0.1, 0.15) is 15.2 Å². The fourth-order valence-corrected chi connectivity index (χ4v) is 4.58. The summed E-state index contributed by atoms with van der Waals surface area (Å²) in [6.07, 6.45) is 0. The van der Waals surface area contributed by atoms with Gasteiger partial charge in [0.15, 0.2) is 0 Å². The number of nitrogens with one attached hydrogen (secondary N) is 1. The third-order valence-electron chi connectivity index (χ3n) is 2.41. The van der Waals surface area contributed by atoms with Crippen molar-refractivity contribution in [2.45, 2.75) is 11.8 Å². The number of rotatable bonds is 4. The average Bonchev–Trinajstić information content (AvgIpc) is 2.75. The van der Waals surface area contributed by atoms with Crippen LogP contribution in [0.3, 0.4) is 0 Å². The first-order chi connectivity index (χ1) is 9.29. The normalized spacial score (nSPS) is 11.3. The summed E-state index contributed by atoms with van der Waals surface area (Å²) in [5.41, 5.74) is 1.25. The second-order valence-electron chi connectivity index (χ2n) is 4.04. The Labute approximate surface area is 128 Å². The molecule has 0 aliphatic heterocycles. The topological polar surface area (TPSA) is 83.5 Å². The second-order valence-corrected chi connectivity index (χ2v) is 7.52. The number of halogens is 1. The van der Waals surface area contributed by atoms with Crippen LogP contribution in [0.25, 0.3) is 0 Å². The number of thiophene rings is 1. The van der Waals surface area contributed by atoms with Crippen molar-refractivity contribution in [1.82, 2.24) is 0 Å². The van der Waals surface area contributed by atoms with E-state index in [1.54, 1.807) is 12.1 Å². The smallest absolute Gasteiger partial charge is 0.347 e. The van der Waals surface area contributed by atoms with Crippen molar-refractivity contribution in [3.8, 4) is 0 Å². The van der Waals surface area contributed by atoms with E-state index >= 15 is 0 Å². The first-order valence-electron chi connectivity index (χ1n) is 5.40. The number of benzene rings is 1. The summed E-state index contributed by atoms with van der Waals surface area (Å²) in [7, 11) is -3.92. The molecular weight excluding hydrogens is 366 g/mol. The largest absolute Gasteiger partial charge is 0.477 e. The van der Waals surface area contributed by atoms with E-state index in [-0.39, 0.29) is 9.77 Å². The van der Waals surface area contributed by atoms with Gasteiger partial charge in [-0.25, -0.2) is 13.2 Å². The molecule has 1 heterocycles. The van der Waals surface area contributed by atoms with Gasteiger partial charge in [-0.2, -0.15) is 0 Å². The Balaban J connectivity index is 2.41. The first kappa shape index (κ1) is 15.0. The Kier molecular flexibility index (Phi) is 4.17. The molecule has 0 aliphatic carbocycles. The van der Waals surface area contributed by atoms with Crippen molar-refractivity contribution in [1.29, 1.82) is 0 Å². The molecule has 20 heavy (non-hydrogen) atoms. The summed E-state index contributed by atoms with van der Waals surface area (Å²) in [5.74, 6) is -1.26. The third-order valence-corrected chi connectivity index (χ3v) is 5.32. The Hall–Kier alpha value is -1.38. The molecular formula is C12H10BrNO4S2. The molecule has 2 rings (SSSR count). The van der Waals surface area contributed by atoms with E-state index < -0.39 is 16.0 Å². The van der Waals surface area contributed by atoms with E-state index in [0.717, 1.165) is 21.4 Å². The number of carboxylic acids is 1. The Morgan fingerprint density at radius 1 is 1.35 bits per heavy atom. The highest BCUT2D eigenvalue weighted by molar-refractivity contribution is 9.10. The minimum Gasteiger partial charge on any atom is -0.477 e. The van der Waals surface area contributed by atoms with E-state index in [9.17, 15) is 13.2 Å². The maximum atomic E-state index is 12.2. The van der Waals surface area contributed by atoms with Crippen molar-refractivity contribution < 1.29 is 18.3 Å². The lowest BCUT2D eigenvalue weighted by Crippen LogP contribution is -2.15. The number of hydrogen-bond donors (Lipinski definition) is 2. The fraction of sp³-hybridized carbons (Fsp3) is 0.0833. The highest BCUT2D eigenvalue weighted by Gasteiger charge is 2.23. The molecule has 106 valence electrons. The highest BCUT2D eigenvalue weighted by atomic mass is 79.9. The molecule has 8 heteroatoms. The van der Waals surface area contributed by atoms with Gasteiger partial charge in [-0.05, 0) is 42.1 Å². The maximum absolute atomic E-state index is 12.2. The number of aryl methyl sites for hydroxylation is 1. The highest BCUT2D eigenvalue weighted by Crippen LogP contribution is 2.26. The molecule has 2 N–H and O–H groups in total. The molecule has 5 nitrogen and oxygen atoms in total. The summed E-state index contributed by atoms with van der Waals surface area (Å²) in [6.45, 7) is 1.83.